The van der Waals surface area contributed by atoms with Crippen LogP contribution < -0.4 is 0 Å². The number of aliphatic hydroxyl groups excluding tert-OH is 1. The average molecular weight is 277 g/mol. The number of hydrogen-bond acceptors (Lipinski definition) is 2. The first kappa shape index (κ1) is 12.8. The third-order valence-electron chi connectivity index (χ3n) is 4.69. The lowest BCUT2D eigenvalue weighted by Crippen LogP contribution is -2.42. The van der Waals surface area contributed by atoms with Crippen molar-refractivity contribution in [2.45, 2.75) is 25.1 Å². The summed E-state index contributed by atoms with van der Waals surface area (Å²) in [6.07, 6.45) is 4.93. The van der Waals surface area contributed by atoms with E-state index in [1.54, 1.807) is 0 Å². The Bertz CT molecular complexity index is 691. The van der Waals surface area contributed by atoms with Gasteiger partial charge in [0.1, 0.15) is 0 Å². The molecule has 2 heteroatoms. The maximum absolute atomic E-state index is 10.7. The SMILES string of the molecule is O[C@@H]1c2ccccc2C=C[C@H]1N1CCc2ccccc2C1. The van der Waals surface area contributed by atoms with Crippen LogP contribution in [0.2, 0.25) is 0 Å². The van der Waals surface area contributed by atoms with E-state index in [0.29, 0.717) is 0 Å². The van der Waals surface area contributed by atoms with Crippen molar-refractivity contribution in [2.24, 2.45) is 0 Å². The molecule has 2 nitrogen and oxygen atoms in total. The van der Waals surface area contributed by atoms with Crippen molar-refractivity contribution in [3.05, 3.63) is 76.9 Å². The summed E-state index contributed by atoms with van der Waals surface area (Å²) in [6.45, 7) is 1.93. The molecule has 0 aromatic heterocycles. The summed E-state index contributed by atoms with van der Waals surface area (Å²) in [5.74, 6) is 0. The first-order valence-corrected chi connectivity index (χ1v) is 7.59. The van der Waals surface area contributed by atoms with Crippen molar-refractivity contribution in [2.75, 3.05) is 6.54 Å². The zero-order chi connectivity index (χ0) is 14.2. The first-order valence-electron chi connectivity index (χ1n) is 7.59. The van der Waals surface area contributed by atoms with E-state index in [1.165, 1.54) is 11.1 Å². The van der Waals surface area contributed by atoms with Gasteiger partial charge in [-0.25, -0.2) is 0 Å². The first-order chi connectivity index (χ1) is 10.3. The minimum atomic E-state index is -0.434. The van der Waals surface area contributed by atoms with Crippen molar-refractivity contribution in [3.8, 4) is 0 Å². The topological polar surface area (TPSA) is 23.5 Å². The van der Waals surface area contributed by atoms with Crippen molar-refractivity contribution >= 4 is 6.08 Å². The Labute approximate surface area is 125 Å². The fourth-order valence-corrected chi connectivity index (χ4v) is 3.52. The third-order valence-corrected chi connectivity index (χ3v) is 4.69. The molecule has 1 N–H and O–H groups in total. The molecule has 4 rings (SSSR count). The molecule has 0 amide bonds. The number of benzene rings is 2. The minimum absolute atomic E-state index is 0.0771. The summed E-state index contributed by atoms with van der Waals surface area (Å²) in [7, 11) is 0. The number of nitrogens with zero attached hydrogens (tertiary/aromatic N) is 1. The van der Waals surface area contributed by atoms with Gasteiger partial charge in [0, 0.05) is 13.1 Å². The van der Waals surface area contributed by atoms with Gasteiger partial charge in [-0.15, -0.1) is 0 Å². The Morgan fingerprint density at radius 2 is 1.71 bits per heavy atom. The van der Waals surface area contributed by atoms with Crippen LogP contribution in [0.25, 0.3) is 6.08 Å². The van der Waals surface area contributed by atoms with Crippen LogP contribution in [0, 0.1) is 0 Å². The van der Waals surface area contributed by atoms with Gasteiger partial charge >= 0.3 is 0 Å². The molecule has 0 spiro atoms. The van der Waals surface area contributed by atoms with E-state index in [1.807, 2.05) is 18.2 Å². The number of rotatable bonds is 1. The quantitative estimate of drug-likeness (QED) is 0.865. The molecule has 1 aliphatic heterocycles. The Morgan fingerprint density at radius 1 is 0.952 bits per heavy atom. The summed E-state index contributed by atoms with van der Waals surface area (Å²) < 4.78 is 0. The molecule has 21 heavy (non-hydrogen) atoms. The molecule has 2 atom stereocenters. The van der Waals surface area contributed by atoms with Crippen molar-refractivity contribution < 1.29 is 5.11 Å². The lowest BCUT2D eigenvalue weighted by Gasteiger charge is -2.38. The van der Waals surface area contributed by atoms with E-state index in [0.717, 1.165) is 30.6 Å². The number of aliphatic hydroxyl groups is 1. The molecule has 0 saturated heterocycles. The van der Waals surface area contributed by atoms with E-state index < -0.39 is 6.10 Å². The highest BCUT2D eigenvalue weighted by atomic mass is 16.3. The van der Waals surface area contributed by atoms with Gasteiger partial charge in [-0.05, 0) is 28.7 Å². The van der Waals surface area contributed by atoms with E-state index in [9.17, 15) is 5.11 Å². The smallest absolute Gasteiger partial charge is 0.0986 e. The summed E-state index contributed by atoms with van der Waals surface area (Å²) in [5.41, 5.74) is 5.02. The van der Waals surface area contributed by atoms with Crippen LogP contribution in [0.15, 0.2) is 54.6 Å². The van der Waals surface area contributed by atoms with Crippen molar-refractivity contribution in [3.63, 3.8) is 0 Å². The van der Waals surface area contributed by atoms with Crippen LogP contribution in [0.3, 0.4) is 0 Å². The Hall–Kier alpha value is -1.90. The fraction of sp³-hybridized carbons (Fsp3) is 0.263. The van der Waals surface area contributed by atoms with Crippen LogP contribution >= 0.6 is 0 Å². The summed E-state index contributed by atoms with van der Waals surface area (Å²) >= 11 is 0. The van der Waals surface area contributed by atoms with Crippen LogP contribution in [0.4, 0.5) is 0 Å². The van der Waals surface area contributed by atoms with Gasteiger partial charge in [0.15, 0.2) is 0 Å². The molecule has 1 heterocycles. The van der Waals surface area contributed by atoms with Gasteiger partial charge in [0.05, 0.1) is 12.1 Å². The molecular formula is C19H19NO. The Balaban J connectivity index is 1.62. The van der Waals surface area contributed by atoms with Crippen LogP contribution in [0.1, 0.15) is 28.4 Å². The number of hydrogen-bond donors (Lipinski definition) is 1. The van der Waals surface area contributed by atoms with Crippen LogP contribution in [-0.2, 0) is 13.0 Å². The van der Waals surface area contributed by atoms with Gasteiger partial charge in [0.2, 0.25) is 0 Å². The molecule has 0 fully saturated rings. The predicted molar refractivity (Wildman–Crippen MR) is 84.8 cm³/mol. The summed E-state index contributed by atoms with van der Waals surface area (Å²) in [5, 5.41) is 10.7. The lowest BCUT2D eigenvalue weighted by atomic mass is 9.89. The molecule has 0 unspecified atom stereocenters. The predicted octanol–water partition coefficient (Wildman–Crippen LogP) is 3.17. The molecule has 0 radical (unpaired) electrons. The van der Waals surface area contributed by atoms with Crippen LogP contribution in [0.5, 0.6) is 0 Å². The Kier molecular flexibility index (Phi) is 3.13. The van der Waals surface area contributed by atoms with Gasteiger partial charge < -0.3 is 5.11 Å². The molecule has 2 aromatic rings. The summed E-state index contributed by atoms with van der Waals surface area (Å²) in [4.78, 5) is 2.39. The average Bonchev–Trinajstić information content (AvgIpc) is 2.55. The monoisotopic (exact) mass is 277 g/mol. The molecule has 106 valence electrons. The molecule has 2 aromatic carbocycles. The number of fused-ring (bicyclic) bond motifs is 2. The van der Waals surface area contributed by atoms with Crippen LogP contribution in [-0.4, -0.2) is 22.6 Å². The lowest BCUT2D eigenvalue weighted by molar-refractivity contribution is 0.0642. The minimum Gasteiger partial charge on any atom is -0.386 e. The highest BCUT2D eigenvalue weighted by Gasteiger charge is 2.30. The normalized spacial score (nSPS) is 24.4. The van der Waals surface area contributed by atoms with E-state index in [-0.39, 0.29) is 6.04 Å². The second-order valence-electron chi connectivity index (χ2n) is 5.91. The second kappa shape index (κ2) is 5.14. The zero-order valence-electron chi connectivity index (χ0n) is 11.9. The van der Waals surface area contributed by atoms with E-state index >= 15 is 0 Å². The maximum Gasteiger partial charge on any atom is 0.0986 e. The largest absolute Gasteiger partial charge is 0.386 e. The molecule has 1 aliphatic carbocycles. The molecule has 0 bridgehead atoms. The zero-order valence-corrected chi connectivity index (χ0v) is 11.9. The highest BCUT2D eigenvalue weighted by molar-refractivity contribution is 5.58. The molecule has 0 saturated carbocycles. The standard InChI is InChI=1S/C19H19NO/c21-19-17-8-4-3-6-15(17)9-10-18(19)20-12-11-14-5-1-2-7-16(14)13-20/h1-10,18-19,21H,11-13H2/t18-,19-/m1/s1. The van der Waals surface area contributed by atoms with E-state index in [4.69, 9.17) is 0 Å². The van der Waals surface area contributed by atoms with Gasteiger partial charge in [0.25, 0.3) is 0 Å². The van der Waals surface area contributed by atoms with Crippen molar-refractivity contribution in [1.82, 2.24) is 4.90 Å². The van der Waals surface area contributed by atoms with Gasteiger partial charge in [-0.3, -0.25) is 4.90 Å². The molecular weight excluding hydrogens is 258 g/mol. The third kappa shape index (κ3) is 2.21. The van der Waals surface area contributed by atoms with Gasteiger partial charge in [-0.2, -0.15) is 0 Å². The van der Waals surface area contributed by atoms with E-state index in [2.05, 4.69) is 47.4 Å². The second-order valence-corrected chi connectivity index (χ2v) is 5.91. The fourth-order valence-electron chi connectivity index (χ4n) is 3.52. The Morgan fingerprint density at radius 3 is 2.62 bits per heavy atom. The van der Waals surface area contributed by atoms with Crippen molar-refractivity contribution in [1.29, 1.82) is 0 Å². The maximum atomic E-state index is 10.7. The van der Waals surface area contributed by atoms with Gasteiger partial charge in [-0.1, -0.05) is 60.7 Å². The molecule has 2 aliphatic rings. The summed E-state index contributed by atoms with van der Waals surface area (Å²) in [6, 6.07) is 16.8. The highest BCUT2D eigenvalue weighted by Crippen LogP contribution is 2.33.